The van der Waals surface area contributed by atoms with E-state index in [4.69, 9.17) is 4.74 Å². The monoisotopic (exact) mass is 401 g/mol. The van der Waals surface area contributed by atoms with Gasteiger partial charge in [-0.15, -0.1) is 0 Å². The van der Waals surface area contributed by atoms with Gasteiger partial charge in [-0.25, -0.2) is 0 Å². The molecule has 6 heteroatoms. The molecule has 5 nitrogen and oxygen atoms in total. The summed E-state index contributed by atoms with van der Waals surface area (Å²) in [5, 5.41) is 10.3. The summed E-state index contributed by atoms with van der Waals surface area (Å²) in [4.78, 5) is 26.2. The molecule has 2 aromatic rings. The predicted molar refractivity (Wildman–Crippen MR) is 97.7 cm³/mol. The minimum atomic E-state index is -0.675. The van der Waals surface area contributed by atoms with Crippen molar-refractivity contribution >= 4 is 33.3 Å². The van der Waals surface area contributed by atoms with Gasteiger partial charge < -0.3 is 9.84 Å². The number of aliphatic hydroxyl groups excluding tert-OH is 1. The predicted octanol–water partition coefficient (Wildman–Crippen LogP) is 3.95. The van der Waals surface area contributed by atoms with Gasteiger partial charge in [0.15, 0.2) is 11.5 Å². The van der Waals surface area contributed by atoms with Crippen LogP contribution in [0.25, 0.3) is 0 Å². The lowest BCUT2D eigenvalue weighted by Gasteiger charge is -2.26. The summed E-state index contributed by atoms with van der Waals surface area (Å²) in [6.45, 7) is 1.35. The van der Waals surface area contributed by atoms with E-state index < -0.39 is 17.7 Å². The summed E-state index contributed by atoms with van der Waals surface area (Å²) >= 11 is 3.37. The summed E-state index contributed by atoms with van der Waals surface area (Å²) in [5.41, 5.74) is 1.41. The molecule has 0 bridgehead atoms. The first kappa shape index (κ1) is 17.2. The van der Waals surface area contributed by atoms with Gasteiger partial charge in [0.2, 0.25) is 0 Å². The molecule has 128 valence electrons. The molecule has 0 aliphatic carbocycles. The summed E-state index contributed by atoms with van der Waals surface area (Å²) in [6.07, 6.45) is 0. The number of aliphatic hydroxyl groups is 1. The molecule has 2 aromatic carbocycles. The maximum Gasteiger partial charge on any atom is 0.294 e. The van der Waals surface area contributed by atoms with E-state index in [0.29, 0.717) is 11.4 Å². The third-order valence-corrected chi connectivity index (χ3v) is 4.65. The molecule has 0 spiro atoms. The number of rotatable bonds is 4. The van der Waals surface area contributed by atoms with Crippen LogP contribution in [0.1, 0.15) is 18.5 Å². The van der Waals surface area contributed by atoms with Gasteiger partial charge in [-0.3, -0.25) is 14.5 Å². The summed E-state index contributed by atoms with van der Waals surface area (Å²) in [5.74, 6) is -0.783. The Hall–Kier alpha value is -2.60. The minimum Gasteiger partial charge on any atom is -0.503 e. The second kappa shape index (κ2) is 6.72. The molecule has 1 aliphatic rings. The fourth-order valence-electron chi connectivity index (χ4n) is 2.93. The van der Waals surface area contributed by atoms with Crippen LogP contribution in [-0.2, 0) is 9.59 Å². The van der Waals surface area contributed by atoms with Gasteiger partial charge in [-0.1, -0.05) is 28.1 Å². The zero-order valence-corrected chi connectivity index (χ0v) is 15.3. The third kappa shape index (κ3) is 3.05. The molecule has 0 fully saturated rings. The lowest BCUT2D eigenvalue weighted by atomic mass is 9.96. The number of ether oxygens (including phenoxy) is 1. The highest BCUT2D eigenvalue weighted by molar-refractivity contribution is 9.10. The van der Waals surface area contributed by atoms with E-state index in [-0.39, 0.29) is 11.4 Å². The Balaban J connectivity index is 2.13. The van der Waals surface area contributed by atoms with E-state index in [1.54, 1.807) is 31.4 Å². The van der Waals surface area contributed by atoms with Crippen molar-refractivity contribution < 1.29 is 19.4 Å². The van der Waals surface area contributed by atoms with E-state index in [9.17, 15) is 14.7 Å². The third-order valence-electron chi connectivity index (χ3n) is 4.12. The average molecular weight is 402 g/mol. The number of halogens is 1. The fourth-order valence-corrected chi connectivity index (χ4v) is 3.20. The Morgan fingerprint density at radius 2 is 1.72 bits per heavy atom. The van der Waals surface area contributed by atoms with E-state index in [2.05, 4.69) is 15.9 Å². The Morgan fingerprint density at radius 1 is 1.12 bits per heavy atom. The number of nitrogens with zero attached hydrogens (tertiary/aromatic N) is 1. The topological polar surface area (TPSA) is 66.8 Å². The number of anilines is 1. The number of methoxy groups -OCH3 is 1. The highest BCUT2D eigenvalue weighted by Gasteiger charge is 2.43. The largest absolute Gasteiger partial charge is 0.503 e. The quantitative estimate of drug-likeness (QED) is 0.841. The Labute approximate surface area is 153 Å². The van der Waals surface area contributed by atoms with Crippen molar-refractivity contribution in [3.63, 3.8) is 0 Å². The second-order valence-corrected chi connectivity index (χ2v) is 6.56. The molecule has 0 saturated heterocycles. The van der Waals surface area contributed by atoms with Gasteiger partial charge in [-0.2, -0.15) is 0 Å². The number of carbonyl (C=O) groups excluding carboxylic acids is 2. The standard InChI is InChI=1S/C19H16BrNO4/c1-11(22)16-17(12-3-5-13(20)6-4-12)21(19(24)18(16)23)14-7-9-15(25-2)10-8-14/h3-10,17,23H,1-2H3/t17-/m1/s1. The Kier molecular flexibility index (Phi) is 4.63. The van der Waals surface area contributed by atoms with Crippen LogP contribution in [0.4, 0.5) is 5.69 Å². The maximum atomic E-state index is 12.7. The molecule has 3 rings (SSSR count). The molecule has 25 heavy (non-hydrogen) atoms. The van der Waals surface area contributed by atoms with Crippen molar-refractivity contribution in [2.75, 3.05) is 12.0 Å². The molecule has 1 aliphatic heterocycles. The van der Waals surface area contributed by atoms with Crippen molar-refractivity contribution in [2.24, 2.45) is 0 Å². The first-order valence-electron chi connectivity index (χ1n) is 7.61. The molecular formula is C19H16BrNO4. The van der Waals surface area contributed by atoms with Crippen molar-refractivity contribution in [2.45, 2.75) is 13.0 Å². The van der Waals surface area contributed by atoms with E-state index in [1.165, 1.54) is 11.8 Å². The normalized spacial score (nSPS) is 17.2. The Morgan fingerprint density at radius 3 is 2.24 bits per heavy atom. The van der Waals surface area contributed by atoms with Crippen molar-refractivity contribution in [1.29, 1.82) is 0 Å². The van der Waals surface area contributed by atoms with Gasteiger partial charge in [0.25, 0.3) is 5.91 Å². The number of hydrogen-bond donors (Lipinski definition) is 1. The molecule has 1 amide bonds. The van der Waals surface area contributed by atoms with Crippen LogP contribution >= 0.6 is 15.9 Å². The van der Waals surface area contributed by atoms with Crippen LogP contribution in [0.15, 0.2) is 64.3 Å². The number of amides is 1. The van der Waals surface area contributed by atoms with Gasteiger partial charge >= 0.3 is 0 Å². The average Bonchev–Trinajstić information content (AvgIpc) is 2.87. The minimum absolute atomic E-state index is 0.100. The molecule has 0 saturated carbocycles. The molecule has 1 atom stereocenters. The highest BCUT2D eigenvalue weighted by atomic mass is 79.9. The van der Waals surface area contributed by atoms with Crippen molar-refractivity contribution in [3.05, 3.63) is 69.9 Å². The zero-order chi connectivity index (χ0) is 18.1. The lowest BCUT2D eigenvalue weighted by Crippen LogP contribution is -2.30. The molecule has 0 radical (unpaired) electrons. The highest BCUT2D eigenvalue weighted by Crippen LogP contribution is 2.41. The number of benzene rings is 2. The van der Waals surface area contributed by atoms with Crippen LogP contribution in [0.5, 0.6) is 5.75 Å². The van der Waals surface area contributed by atoms with Crippen LogP contribution in [0.3, 0.4) is 0 Å². The summed E-state index contributed by atoms with van der Waals surface area (Å²) in [6, 6.07) is 13.5. The van der Waals surface area contributed by atoms with Crippen molar-refractivity contribution in [1.82, 2.24) is 0 Å². The zero-order valence-electron chi connectivity index (χ0n) is 13.7. The van der Waals surface area contributed by atoms with Gasteiger partial charge in [0, 0.05) is 10.2 Å². The van der Waals surface area contributed by atoms with Gasteiger partial charge in [-0.05, 0) is 48.9 Å². The summed E-state index contributed by atoms with van der Waals surface area (Å²) in [7, 11) is 1.56. The van der Waals surface area contributed by atoms with E-state index >= 15 is 0 Å². The summed E-state index contributed by atoms with van der Waals surface area (Å²) < 4.78 is 6.02. The number of Topliss-reactive ketones (excluding diaryl/α,β-unsaturated/α-hetero) is 1. The van der Waals surface area contributed by atoms with Crippen LogP contribution < -0.4 is 9.64 Å². The first-order chi connectivity index (χ1) is 11.9. The van der Waals surface area contributed by atoms with Crippen LogP contribution in [0.2, 0.25) is 0 Å². The number of carbonyl (C=O) groups is 2. The lowest BCUT2D eigenvalue weighted by molar-refractivity contribution is -0.117. The van der Waals surface area contributed by atoms with Gasteiger partial charge in [0.05, 0.1) is 18.7 Å². The van der Waals surface area contributed by atoms with E-state index in [0.717, 1.165) is 10.0 Å². The first-order valence-corrected chi connectivity index (χ1v) is 8.40. The Bertz CT molecular complexity index is 856. The fraction of sp³-hybridized carbons (Fsp3) is 0.158. The second-order valence-electron chi connectivity index (χ2n) is 5.65. The SMILES string of the molecule is COc1ccc(N2C(=O)C(O)=C(C(C)=O)[C@H]2c2ccc(Br)cc2)cc1. The van der Waals surface area contributed by atoms with Gasteiger partial charge in [0.1, 0.15) is 5.75 Å². The molecule has 0 aromatic heterocycles. The van der Waals surface area contributed by atoms with E-state index in [1.807, 2.05) is 24.3 Å². The number of hydrogen-bond acceptors (Lipinski definition) is 4. The molecule has 1 heterocycles. The van der Waals surface area contributed by atoms with Crippen LogP contribution in [0, 0.1) is 0 Å². The molecular weight excluding hydrogens is 386 g/mol. The molecule has 0 unspecified atom stereocenters. The smallest absolute Gasteiger partial charge is 0.294 e. The maximum absolute atomic E-state index is 12.7. The van der Waals surface area contributed by atoms with Crippen molar-refractivity contribution in [3.8, 4) is 5.75 Å². The van der Waals surface area contributed by atoms with Crippen LogP contribution in [-0.4, -0.2) is 23.9 Å². The molecule has 1 N–H and O–H groups in total. The number of ketones is 1.